The van der Waals surface area contributed by atoms with Crippen LogP contribution in [0.3, 0.4) is 0 Å². The molecule has 3 aromatic rings. The summed E-state index contributed by atoms with van der Waals surface area (Å²) >= 11 is 0. The van der Waals surface area contributed by atoms with Crippen LogP contribution in [0.15, 0.2) is 66.7 Å². The molecule has 150 valence electrons. The summed E-state index contributed by atoms with van der Waals surface area (Å²) in [5.74, 6) is -0.0996. The van der Waals surface area contributed by atoms with Crippen LogP contribution in [-0.2, 0) is 17.8 Å². The van der Waals surface area contributed by atoms with E-state index in [1.807, 2.05) is 87.5 Å². The number of ether oxygens (including phenoxy) is 1. The number of nitrogens with one attached hydrogen (secondary N) is 2. The van der Waals surface area contributed by atoms with Gasteiger partial charge in [0.1, 0.15) is 5.60 Å². The molecule has 0 spiro atoms. The number of amides is 2. The van der Waals surface area contributed by atoms with Gasteiger partial charge in [0.15, 0.2) is 0 Å². The third-order valence-electron chi connectivity index (χ3n) is 4.35. The van der Waals surface area contributed by atoms with Gasteiger partial charge in [0.2, 0.25) is 0 Å². The van der Waals surface area contributed by atoms with Gasteiger partial charge in [-0.05, 0) is 48.7 Å². The van der Waals surface area contributed by atoms with Crippen LogP contribution in [0.4, 0.5) is 4.79 Å². The second-order valence-electron chi connectivity index (χ2n) is 7.88. The molecule has 2 amide bonds. The molecule has 0 heterocycles. The Bertz CT molecular complexity index is 999. The summed E-state index contributed by atoms with van der Waals surface area (Å²) in [5, 5.41) is 7.69. The minimum absolute atomic E-state index is 0.0996. The third-order valence-corrected chi connectivity index (χ3v) is 4.35. The van der Waals surface area contributed by atoms with Crippen molar-refractivity contribution in [2.75, 3.05) is 0 Å². The minimum atomic E-state index is -0.518. The fraction of sp³-hybridized carbons (Fsp3) is 0.250. The third kappa shape index (κ3) is 5.82. The van der Waals surface area contributed by atoms with Crippen molar-refractivity contribution in [1.82, 2.24) is 10.6 Å². The lowest BCUT2D eigenvalue weighted by molar-refractivity contribution is 0.0523. The topological polar surface area (TPSA) is 67.4 Å². The summed E-state index contributed by atoms with van der Waals surface area (Å²) in [6.07, 6.45) is -0.441. The molecule has 0 saturated carbocycles. The molecule has 0 aliphatic heterocycles. The fourth-order valence-corrected chi connectivity index (χ4v) is 2.96. The molecule has 0 aliphatic carbocycles. The lowest BCUT2D eigenvalue weighted by Crippen LogP contribution is -2.32. The first-order valence-corrected chi connectivity index (χ1v) is 9.62. The fourth-order valence-electron chi connectivity index (χ4n) is 2.96. The Morgan fingerprint density at radius 1 is 0.793 bits per heavy atom. The van der Waals surface area contributed by atoms with Gasteiger partial charge in [0, 0.05) is 18.7 Å². The zero-order valence-electron chi connectivity index (χ0n) is 17.0. The summed E-state index contributed by atoms with van der Waals surface area (Å²) in [5.41, 5.74) is 2.09. The van der Waals surface area contributed by atoms with E-state index in [2.05, 4.69) is 10.6 Å². The largest absolute Gasteiger partial charge is 0.444 e. The number of hydrogen-bond donors (Lipinski definition) is 2. The molecule has 2 N–H and O–H groups in total. The maximum absolute atomic E-state index is 12.6. The molecule has 0 fully saturated rings. The molecule has 0 aliphatic rings. The van der Waals surface area contributed by atoms with E-state index in [-0.39, 0.29) is 5.91 Å². The van der Waals surface area contributed by atoms with E-state index in [1.54, 1.807) is 0 Å². The summed E-state index contributed by atoms with van der Waals surface area (Å²) in [7, 11) is 0. The minimum Gasteiger partial charge on any atom is -0.444 e. The normalized spacial score (nSPS) is 11.1. The van der Waals surface area contributed by atoms with Crippen molar-refractivity contribution in [3.63, 3.8) is 0 Å². The number of hydrogen-bond acceptors (Lipinski definition) is 3. The number of rotatable bonds is 5. The molecular weight excluding hydrogens is 364 g/mol. The average molecular weight is 390 g/mol. The molecule has 0 aromatic heterocycles. The quantitative estimate of drug-likeness (QED) is 0.658. The summed E-state index contributed by atoms with van der Waals surface area (Å²) in [6.45, 7) is 6.30. The van der Waals surface area contributed by atoms with Crippen LogP contribution < -0.4 is 10.6 Å². The zero-order chi connectivity index (χ0) is 20.9. The van der Waals surface area contributed by atoms with Crippen molar-refractivity contribution in [2.24, 2.45) is 0 Å². The van der Waals surface area contributed by atoms with Crippen LogP contribution in [0.2, 0.25) is 0 Å². The van der Waals surface area contributed by atoms with Gasteiger partial charge in [0.05, 0.1) is 0 Å². The Hall–Kier alpha value is -3.34. The molecule has 0 bridgehead atoms. The van der Waals surface area contributed by atoms with Crippen LogP contribution in [0.25, 0.3) is 10.8 Å². The molecule has 0 saturated heterocycles. The zero-order valence-corrected chi connectivity index (χ0v) is 17.0. The number of alkyl carbamates (subject to hydrolysis) is 1. The average Bonchev–Trinajstić information content (AvgIpc) is 2.69. The van der Waals surface area contributed by atoms with Crippen LogP contribution in [0.5, 0.6) is 0 Å². The van der Waals surface area contributed by atoms with E-state index < -0.39 is 11.7 Å². The van der Waals surface area contributed by atoms with Gasteiger partial charge < -0.3 is 15.4 Å². The van der Waals surface area contributed by atoms with Crippen LogP contribution in [0, 0.1) is 0 Å². The van der Waals surface area contributed by atoms with Gasteiger partial charge in [-0.2, -0.15) is 0 Å². The molecule has 0 unspecified atom stereocenters. The van der Waals surface area contributed by atoms with Crippen molar-refractivity contribution in [3.8, 4) is 0 Å². The monoisotopic (exact) mass is 390 g/mol. The predicted octanol–water partition coefficient (Wildman–Crippen LogP) is 4.79. The SMILES string of the molecule is CC(C)(C)OC(=O)NCc1ccc(CNC(=O)c2cccc3ccccc23)cc1. The Kier molecular flexibility index (Phi) is 6.17. The Morgan fingerprint density at radius 3 is 2.03 bits per heavy atom. The van der Waals surface area contributed by atoms with Gasteiger partial charge in [-0.3, -0.25) is 4.79 Å². The molecule has 29 heavy (non-hydrogen) atoms. The van der Waals surface area contributed by atoms with E-state index in [1.165, 1.54) is 0 Å². The van der Waals surface area contributed by atoms with Gasteiger partial charge in [-0.15, -0.1) is 0 Å². The molecule has 0 atom stereocenters. The second-order valence-corrected chi connectivity index (χ2v) is 7.88. The Morgan fingerprint density at radius 2 is 1.38 bits per heavy atom. The number of fused-ring (bicyclic) bond motifs is 1. The smallest absolute Gasteiger partial charge is 0.407 e. The van der Waals surface area contributed by atoms with Crippen molar-refractivity contribution in [2.45, 2.75) is 39.5 Å². The second kappa shape index (κ2) is 8.78. The van der Waals surface area contributed by atoms with E-state index in [0.29, 0.717) is 18.7 Å². The van der Waals surface area contributed by atoms with Crippen molar-refractivity contribution in [3.05, 3.63) is 83.4 Å². The molecule has 5 heteroatoms. The van der Waals surface area contributed by atoms with E-state index >= 15 is 0 Å². The van der Waals surface area contributed by atoms with Crippen LogP contribution >= 0.6 is 0 Å². The van der Waals surface area contributed by atoms with Gasteiger partial charge in [0.25, 0.3) is 5.91 Å². The highest BCUT2D eigenvalue weighted by Crippen LogP contribution is 2.18. The first-order valence-electron chi connectivity index (χ1n) is 9.62. The molecule has 0 radical (unpaired) electrons. The van der Waals surface area contributed by atoms with Gasteiger partial charge in [-0.1, -0.05) is 60.7 Å². The number of carbonyl (C=O) groups is 2. The van der Waals surface area contributed by atoms with E-state index in [9.17, 15) is 9.59 Å². The highest BCUT2D eigenvalue weighted by atomic mass is 16.6. The van der Waals surface area contributed by atoms with E-state index in [0.717, 1.165) is 21.9 Å². The first-order chi connectivity index (χ1) is 13.8. The Labute approximate surface area is 171 Å². The Balaban J connectivity index is 1.55. The molecule has 3 rings (SSSR count). The number of benzene rings is 3. The summed E-state index contributed by atoms with van der Waals surface area (Å²) in [6, 6.07) is 21.3. The van der Waals surface area contributed by atoms with Gasteiger partial charge >= 0.3 is 6.09 Å². The molecule has 5 nitrogen and oxygen atoms in total. The van der Waals surface area contributed by atoms with Crippen LogP contribution in [-0.4, -0.2) is 17.6 Å². The van der Waals surface area contributed by atoms with Crippen molar-refractivity contribution >= 4 is 22.8 Å². The summed E-state index contributed by atoms with van der Waals surface area (Å²) < 4.78 is 5.22. The predicted molar refractivity (Wildman–Crippen MR) is 115 cm³/mol. The summed E-state index contributed by atoms with van der Waals surface area (Å²) in [4.78, 5) is 24.3. The highest BCUT2D eigenvalue weighted by Gasteiger charge is 2.15. The lowest BCUT2D eigenvalue weighted by atomic mass is 10.0. The van der Waals surface area contributed by atoms with Crippen LogP contribution in [0.1, 0.15) is 42.3 Å². The molecule has 3 aromatic carbocycles. The maximum atomic E-state index is 12.6. The maximum Gasteiger partial charge on any atom is 0.407 e. The highest BCUT2D eigenvalue weighted by molar-refractivity contribution is 6.06. The van der Waals surface area contributed by atoms with Crippen molar-refractivity contribution < 1.29 is 14.3 Å². The standard InChI is InChI=1S/C24H26N2O3/c1-24(2,3)29-23(28)26-16-18-13-11-17(12-14-18)15-25-22(27)21-10-6-8-19-7-4-5-9-20(19)21/h4-14H,15-16H2,1-3H3,(H,25,27)(H,26,28). The first kappa shape index (κ1) is 20.4. The molecular formula is C24H26N2O3. The van der Waals surface area contributed by atoms with E-state index in [4.69, 9.17) is 4.74 Å². The van der Waals surface area contributed by atoms with Gasteiger partial charge in [-0.25, -0.2) is 4.79 Å². The number of carbonyl (C=O) groups excluding carboxylic acids is 2. The lowest BCUT2D eigenvalue weighted by Gasteiger charge is -2.19. The van der Waals surface area contributed by atoms with Crippen molar-refractivity contribution in [1.29, 1.82) is 0 Å².